The summed E-state index contributed by atoms with van der Waals surface area (Å²) in [5, 5.41) is 7.84. The fraction of sp³-hybridized carbons (Fsp3) is 0.364. The van der Waals surface area contributed by atoms with Crippen molar-refractivity contribution in [3.8, 4) is 17.4 Å². The second kappa shape index (κ2) is 4.91. The highest BCUT2D eigenvalue weighted by Crippen LogP contribution is 2.17. The molecule has 0 aromatic carbocycles. The van der Waals surface area contributed by atoms with Crippen LogP contribution in [-0.2, 0) is 0 Å². The molecular weight excluding hydrogens is 232 g/mol. The Morgan fingerprint density at radius 2 is 1.89 bits per heavy atom. The maximum atomic E-state index is 5.66. The number of nitrogens with two attached hydrogens (primary N) is 1. The van der Waals surface area contributed by atoms with E-state index in [4.69, 9.17) is 10.5 Å². The summed E-state index contributed by atoms with van der Waals surface area (Å²) in [6.07, 6.45) is 0. The third kappa shape index (κ3) is 2.50. The lowest BCUT2D eigenvalue weighted by Gasteiger charge is -2.06. The first-order valence-corrected chi connectivity index (χ1v) is 5.49. The van der Waals surface area contributed by atoms with Crippen LogP contribution in [0.3, 0.4) is 0 Å². The third-order valence-corrected chi connectivity index (χ3v) is 2.26. The molecule has 2 rings (SSSR count). The second-order valence-corrected chi connectivity index (χ2v) is 3.99. The molecule has 0 aliphatic carbocycles. The summed E-state index contributed by atoms with van der Waals surface area (Å²) in [6, 6.07) is 3.42. The standard InChI is InChI=1S/C11H14N6O/c1-6(2)9-13-10(15-11(12)14-9)7-4-5-8(18-3)17-16-7/h4-6H,1-3H3,(H2,12,13,14,15). The SMILES string of the molecule is COc1ccc(-c2nc(N)nc(C(C)C)n2)nn1. The van der Waals surface area contributed by atoms with Crippen molar-refractivity contribution in [1.82, 2.24) is 25.1 Å². The van der Waals surface area contributed by atoms with E-state index in [9.17, 15) is 0 Å². The van der Waals surface area contributed by atoms with Gasteiger partial charge in [-0.1, -0.05) is 13.8 Å². The molecule has 2 aromatic rings. The van der Waals surface area contributed by atoms with Crippen molar-refractivity contribution in [3.05, 3.63) is 18.0 Å². The van der Waals surface area contributed by atoms with Gasteiger partial charge in [-0.3, -0.25) is 0 Å². The molecule has 0 saturated carbocycles. The van der Waals surface area contributed by atoms with Gasteiger partial charge in [0, 0.05) is 12.0 Å². The molecule has 0 bridgehead atoms. The van der Waals surface area contributed by atoms with E-state index in [1.54, 1.807) is 12.1 Å². The molecule has 0 amide bonds. The molecule has 94 valence electrons. The van der Waals surface area contributed by atoms with Crippen LogP contribution in [-0.4, -0.2) is 32.3 Å². The molecule has 0 aliphatic heterocycles. The first-order chi connectivity index (χ1) is 8.60. The maximum Gasteiger partial charge on any atom is 0.233 e. The highest BCUT2D eigenvalue weighted by Gasteiger charge is 2.11. The van der Waals surface area contributed by atoms with Gasteiger partial charge in [0.1, 0.15) is 11.5 Å². The number of nitrogens with zero attached hydrogens (tertiary/aromatic N) is 5. The minimum Gasteiger partial charge on any atom is -0.480 e. The summed E-state index contributed by atoms with van der Waals surface area (Å²) in [6.45, 7) is 3.97. The number of aromatic nitrogens is 5. The molecule has 0 saturated heterocycles. The number of nitrogen functional groups attached to an aromatic ring is 1. The first-order valence-electron chi connectivity index (χ1n) is 5.49. The summed E-state index contributed by atoms with van der Waals surface area (Å²) >= 11 is 0. The monoisotopic (exact) mass is 246 g/mol. The Balaban J connectivity index is 2.42. The number of anilines is 1. The molecule has 0 aliphatic rings. The number of methoxy groups -OCH3 is 1. The Hall–Kier alpha value is -2.31. The van der Waals surface area contributed by atoms with Gasteiger partial charge in [0.25, 0.3) is 0 Å². The van der Waals surface area contributed by atoms with Crippen molar-refractivity contribution in [2.24, 2.45) is 0 Å². The quantitative estimate of drug-likeness (QED) is 0.863. The van der Waals surface area contributed by atoms with Crippen molar-refractivity contribution in [1.29, 1.82) is 0 Å². The smallest absolute Gasteiger partial charge is 0.233 e. The van der Waals surface area contributed by atoms with E-state index in [1.807, 2.05) is 13.8 Å². The van der Waals surface area contributed by atoms with E-state index in [0.717, 1.165) is 0 Å². The molecule has 0 atom stereocenters. The van der Waals surface area contributed by atoms with Crippen molar-refractivity contribution in [2.45, 2.75) is 19.8 Å². The molecule has 0 radical (unpaired) electrons. The number of hydrogen-bond acceptors (Lipinski definition) is 7. The van der Waals surface area contributed by atoms with Crippen LogP contribution in [0.25, 0.3) is 11.5 Å². The maximum absolute atomic E-state index is 5.66. The lowest BCUT2D eigenvalue weighted by molar-refractivity contribution is 0.392. The van der Waals surface area contributed by atoms with Crippen LogP contribution in [0.15, 0.2) is 12.1 Å². The average Bonchev–Trinajstić information content (AvgIpc) is 2.38. The van der Waals surface area contributed by atoms with E-state index < -0.39 is 0 Å². The summed E-state index contributed by atoms with van der Waals surface area (Å²) in [7, 11) is 1.53. The Bertz CT molecular complexity index is 540. The summed E-state index contributed by atoms with van der Waals surface area (Å²) in [4.78, 5) is 12.4. The summed E-state index contributed by atoms with van der Waals surface area (Å²) in [5.41, 5.74) is 6.19. The number of rotatable bonds is 3. The summed E-state index contributed by atoms with van der Waals surface area (Å²) in [5.74, 6) is 1.84. The first kappa shape index (κ1) is 12.2. The fourth-order valence-electron chi connectivity index (χ4n) is 1.33. The topological polar surface area (TPSA) is 99.7 Å². The number of ether oxygens (including phenoxy) is 1. The molecule has 2 N–H and O–H groups in total. The Labute approximate surface area is 104 Å². The fourth-order valence-corrected chi connectivity index (χ4v) is 1.33. The van der Waals surface area contributed by atoms with Crippen molar-refractivity contribution in [2.75, 3.05) is 12.8 Å². The molecule has 7 nitrogen and oxygen atoms in total. The van der Waals surface area contributed by atoms with Crippen LogP contribution in [0.4, 0.5) is 5.95 Å². The van der Waals surface area contributed by atoms with Crippen LogP contribution in [0.5, 0.6) is 5.88 Å². The van der Waals surface area contributed by atoms with Gasteiger partial charge in [-0.15, -0.1) is 10.2 Å². The van der Waals surface area contributed by atoms with E-state index >= 15 is 0 Å². The molecular formula is C11H14N6O. The lowest BCUT2D eigenvalue weighted by atomic mass is 10.2. The Kier molecular flexibility index (Phi) is 3.31. The van der Waals surface area contributed by atoms with Gasteiger partial charge in [0.15, 0.2) is 5.82 Å². The van der Waals surface area contributed by atoms with E-state index in [1.165, 1.54) is 7.11 Å². The predicted molar refractivity (Wildman–Crippen MR) is 65.9 cm³/mol. The normalized spacial score (nSPS) is 10.7. The van der Waals surface area contributed by atoms with Crippen LogP contribution >= 0.6 is 0 Å². The van der Waals surface area contributed by atoms with Crippen LogP contribution < -0.4 is 10.5 Å². The molecule has 0 unspecified atom stereocenters. The van der Waals surface area contributed by atoms with Gasteiger partial charge in [0.05, 0.1) is 7.11 Å². The van der Waals surface area contributed by atoms with Gasteiger partial charge < -0.3 is 10.5 Å². The minimum absolute atomic E-state index is 0.167. The largest absolute Gasteiger partial charge is 0.480 e. The predicted octanol–water partition coefficient (Wildman–Crippen LogP) is 1.04. The van der Waals surface area contributed by atoms with Crippen molar-refractivity contribution in [3.63, 3.8) is 0 Å². The van der Waals surface area contributed by atoms with Gasteiger partial charge >= 0.3 is 0 Å². The molecule has 7 heteroatoms. The number of hydrogen-bond donors (Lipinski definition) is 1. The average molecular weight is 246 g/mol. The second-order valence-electron chi connectivity index (χ2n) is 3.99. The summed E-state index contributed by atoms with van der Waals surface area (Å²) < 4.78 is 4.94. The zero-order chi connectivity index (χ0) is 13.1. The van der Waals surface area contributed by atoms with Crippen molar-refractivity contribution < 1.29 is 4.74 Å². The molecule has 0 fully saturated rings. The minimum atomic E-state index is 0.167. The van der Waals surface area contributed by atoms with E-state index in [2.05, 4.69) is 25.1 Å². The van der Waals surface area contributed by atoms with Gasteiger partial charge in [-0.25, -0.2) is 4.98 Å². The molecule has 2 aromatic heterocycles. The van der Waals surface area contributed by atoms with Gasteiger partial charge in [-0.2, -0.15) is 9.97 Å². The molecule has 2 heterocycles. The highest BCUT2D eigenvalue weighted by molar-refractivity contribution is 5.49. The zero-order valence-electron chi connectivity index (χ0n) is 10.5. The van der Waals surface area contributed by atoms with E-state index in [0.29, 0.717) is 23.2 Å². The van der Waals surface area contributed by atoms with Gasteiger partial charge in [0.2, 0.25) is 11.8 Å². The Morgan fingerprint density at radius 3 is 2.44 bits per heavy atom. The third-order valence-electron chi connectivity index (χ3n) is 2.26. The zero-order valence-corrected chi connectivity index (χ0v) is 10.5. The van der Waals surface area contributed by atoms with Gasteiger partial charge in [-0.05, 0) is 6.07 Å². The molecule has 0 spiro atoms. The lowest BCUT2D eigenvalue weighted by Crippen LogP contribution is -2.07. The van der Waals surface area contributed by atoms with Crippen LogP contribution in [0, 0.1) is 0 Å². The van der Waals surface area contributed by atoms with Crippen molar-refractivity contribution >= 4 is 5.95 Å². The van der Waals surface area contributed by atoms with E-state index in [-0.39, 0.29) is 11.9 Å². The highest BCUT2D eigenvalue weighted by atomic mass is 16.5. The Morgan fingerprint density at radius 1 is 1.11 bits per heavy atom. The van der Waals surface area contributed by atoms with Crippen LogP contribution in [0.1, 0.15) is 25.6 Å². The van der Waals surface area contributed by atoms with Crippen LogP contribution in [0.2, 0.25) is 0 Å². The molecule has 18 heavy (non-hydrogen) atoms.